The van der Waals surface area contributed by atoms with Crippen molar-refractivity contribution in [3.05, 3.63) is 22.7 Å². The fourth-order valence-corrected chi connectivity index (χ4v) is 5.77. The maximum atomic E-state index is 12.5. The van der Waals surface area contributed by atoms with E-state index in [9.17, 15) is 14.5 Å². The Hall–Kier alpha value is -0.940. The van der Waals surface area contributed by atoms with Gasteiger partial charge in [-0.05, 0) is 6.07 Å². The zero-order valence-corrected chi connectivity index (χ0v) is 14.6. The Balaban J connectivity index is 1.74. The third kappa shape index (κ3) is 3.52. The van der Waals surface area contributed by atoms with E-state index < -0.39 is 31.0 Å². The first-order valence-electron chi connectivity index (χ1n) is 7.29. The van der Waals surface area contributed by atoms with E-state index in [1.807, 2.05) is 0 Å². The van der Waals surface area contributed by atoms with Crippen molar-refractivity contribution in [1.29, 1.82) is 0 Å². The van der Waals surface area contributed by atoms with Gasteiger partial charge in [-0.2, -0.15) is 4.98 Å². The first kappa shape index (κ1) is 17.9. The molecular formula is C12H19N4O6PS. The van der Waals surface area contributed by atoms with Gasteiger partial charge >= 0.3 is 13.4 Å². The van der Waals surface area contributed by atoms with Gasteiger partial charge in [0.25, 0.3) is 0 Å². The number of nitrogen functional groups attached to an aromatic ring is 1. The topological polar surface area (TPSA) is 138 Å². The smallest absolute Gasteiger partial charge is 0.387 e. The normalized spacial score (nSPS) is 35.8. The summed E-state index contributed by atoms with van der Waals surface area (Å²) in [5, 5.41) is 12.3. The van der Waals surface area contributed by atoms with Crippen LogP contribution in [0.25, 0.3) is 0 Å². The maximum Gasteiger partial charge on any atom is 0.406 e. The number of hydrogen-bond donors (Lipinski definition) is 3. The predicted octanol–water partition coefficient (Wildman–Crippen LogP) is -0.440. The molecule has 0 radical (unpaired) electrons. The molecular weight excluding hydrogens is 359 g/mol. The molecule has 0 saturated carbocycles. The monoisotopic (exact) mass is 378 g/mol. The van der Waals surface area contributed by atoms with Crippen LogP contribution in [0.4, 0.5) is 5.82 Å². The number of rotatable bonds is 5. The molecule has 3 rings (SSSR count). The van der Waals surface area contributed by atoms with Crippen LogP contribution in [0.2, 0.25) is 0 Å². The van der Waals surface area contributed by atoms with Crippen LogP contribution >= 0.6 is 19.5 Å². The number of methoxy groups -OCH3 is 1. The minimum Gasteiger partial charge on any atom is -0.387 e. The Morgan fingerprint density at radius 3 is 3.17 bits per heavy atom. The molecule has 2 aliphatic heterocycles. The van der Waals surface area contributed by atoms with Gasteiger partial charge in [0.2, 0.25) is 0 Å². The van der Waals surface area contributed by atoms with Gasteiger partial charge in [0.05, 0.1) is 18.5 Å². The van der Waals surface area contributed by atoms with E-state index in [0.29, 0.717) is 13.2 Å². The molecule has 134 valence electrons. The van der Waals surface area contributed by atoms with Gasteiger partial charge in [0.1, 0.15) is 23.4 Å². The molecule has 0 spiro atoms. The number of thioether (sulfide) groups is 1. The molecule has 1 aromatic rings. The molecule has 0 bridgehead atoms. The lowest BCUT2D eigenvalue weighted by molar-refractivity contribution is -0.00645. The molecule has 0 aromatic carbocycles. The number of aromatic nitrogens is 2. The fraction of sp³-hybridized carbons (Fsp3) is 0.667. The van der Waals surface area contributed by atoms with Gasteiger partial charge in [-0.15, -0.1) is 11.8 Å². The minimum atomic E-state index is -3.51. The number of fused-ring (bicyclic) bond motifs is 1. The van der Waals surface area contributed by atoms with E-state index in [1.54, 1.807) is 0 Å². The average molecular weight is 378 g/mol. The zero-order valence-electron chi connectivity index (χ0n) is 12.9. The summed E-state index contributed by atoms with van der Waals surface area (Å²) < 4.78 is 29.5. The van der Waals surface area contributed by atoms with E-state index in [1.165, 1.54) is 35.7 Å². The lowest BCUT2D eigenvalue weighted by Crippen LogP contribution is -2.41. The van der Waals surface area contributed by atoms with Crippen LogP contribution in [-0.4, -0.2) is 59.0 Å². The number of nitrogens with two attached hydrogens (primary N) is 1. The predicted molar refractivity (Wildman–Crippen MR) is 87.6 cm³/mol. The van der Waals surface area contributed by atoms with Gasteiger partial charge in [-0.3, -0.25) is 13.6 Å². The van der Waals surface area contributed by atoms with Crippen LogP contribution in [0.1, 0.15) is 5.37 Å². The first-order valence-corrected chi connectivity index (χ1v) is 9.77. The molecule has 10 nitrogen and oxygen atoms in total. The molecule has 4 unspecified atom stereocenters. The van der Waals surface area contributed by atoms with Crippen molar-refractivity contribution in [3.63, 3.8) is 0 Å². The zero-order chi connectivity index (χ0) is 17.3. The van der Waals surface area contributed by atoms with Crippen LogP contribution in [-0.2, 0) is 18.3 Å². The lowest BCUT2D eigenvalue weighted by atomic mass is 10.1. The molecule has 0 aliphatic carbocycles. The highest BCUT2D eigenvalue weighted by molar-refractivity contribution is 8.00. The second-order valence-electron chi connectivity index (χ2n) is 5.36. The summed E-state index contributed by atoms with van der Waals surface area (Å²) in [5.41, 5.74) is 4.91. The third-order valence-corrected chi connectivity index (χ3v) is 6.88. The Morgan fingerprint density at radius 2 is 2.46 bits per heavy atom. The van der Waals surface area contributed by atoms with Crippen LogP contribution in [0.3, 0.4) is 0 Å². The van der Waals surface area contributed by atoms with Crippen molar-refractivity contribution in [2.24, 2.45) is 0 Å². The van der Waals surface area contributed by atoms with Crippen molar-refractivity contribution in [1.82, 2.24) is 14.6 Å². The number of anilines is 1. The summed E-state index contributed by atoms with van der Waals surface area (Å²) in [6, 6.07) is 1.48. The van der Waals surface area contributed by atoms with Gasteiger partial charge in [0.15, 0.2) is 0 Å². The summed E-state index contributed by atoms with van der Waals surface area (Å²) in [6.45, 7) is 0.772. The van der Waals surface area contributed by atoms with E-state index in [2.05, 4.69) is 10.1 Å². The molecule has 12 heteroatoms. The number of hydrogen-bond acceptors (Lipinski definition) is 9. The Morgan fingerprint density at radius 1 is 1.67 bits per heavy atom. The summed E-state index contributed by atoms with van der Waals surface area (Å²) in [4.78, 5) is 15.6. The Labute approximate surface area is 142 Å². The van der Waals surface area contributed by atoms with Crippen LogP contribution in [0, 0.1) is 0 Å². The highest BCUT2D eigenvalue weighted by Crippen LogP contribution is 2.56. The Bertz CT molecular complexity index is 702. The van der Waals surface area contributed by atoms with Crippen molar-refractivity contribution in [3.8, 4) is 0 Å². The van der Waals surface area contributed by atoms with Crippen molar-refractivity contribution < 1.29 is 23.5 Å². The van der Waals surface area contributed by atoms with Crippen LogP contribution in [0.15, 0.2) is 17.1 Å². The molecule has 1 aromatic heterocycles. The molecule has 24 heavy (non-hydrogen) atoms. The third-order valence-electron chi connectivity index (χ3n) is 3.72. The van der Waals surface area contributed by atoms with Crippen LogP contribution < -0.4 is 16.5 Å². The van der Waals surface area contributed by atoms with E-state index >= 15 is 0 Å². The Kier molecular flexibility index (Phi) is 5.30. The highest BCUT2D eigenvalue weighted by atomic mass is 32.2. The lowest BCUT2D eigenvalue weighted by Gasteiger charge is -2.32. The molecule has 4 N–H and O–H groups in total. The van der Waals surface area contributed by atoms with E-state index in [4.69, 9.17) is 19.5 Å². The maximum absolute atomic E-state index is 12.5. The second-order valence-corrected chi connectivity index (χ2v) is 8.50. The first-order chi connectivity index (χ1) is 11.4. The highest BCUT2D eigenvalue weighted by Gasteiger charge is 2.52. The molecule has 2 aliphatic rings. The van der Waals surface area contributed by atoms with E-state index in [0.717, 1.165) is 0 Å². The van der Waals surface area contributed by atoms with Crippen molar-refractivity contribution in [2.75, 3.05) is 32.6 Å². The molecule has 3 heterocycles. The fourth-order valence-electron chi connectivity index (χ4n) is 2.56. The quantitative estimate of drug-likeness (QED) is 0.456. The van der Waals surface area contributed by atoms with Gasteiger partial charge in [-0.25, -0.2) is 14.4 Å². The molecule has 5 atom stereocenters. The van der Waals surface area contributed by atoms with Gasteiger partial charge in [-0.1, -0.05) is 0 Å². The van der Waals surface area contributed by atoms with Crippen molar-refractivity contribution in [2.45, 2.75) is 22.8 Å². The molecule has 2 fully saturated rings. The minimum absolute atomic E-state index is 0.109. The van der Waals surface area contributed by atoms with Crippen molar-refractivity contribution >= 4 is 25.3 Å². The molecule has 0 amide bonds. The van der Waals surface area contributed by atoms with Crippen LogP contribution in [0.5, 0.6) is 0 Å². The second kappa shape index (κ2) is 7.12. The van der Waals surface area contributed by atoms with Gasteiger partial charge in [0, 0.05) is 19.9 Å². The standard InChI is InChI=1S/C12H19N4O6PS/c1-20-5-3-14-23(19)21-6-7-10(22-23)9(17)11(24-7)16-4-2-8(13)15-12(16)18/h2,4,7,9-11,17H,3,5-6H2,1H3,(H,14,19)(H2,13,15,18)/t7?,9?,10-,11?,23?/m1/s1. The largest absolute Gasteiger partial charge is 0.406 e. The average Bonchev–Trinajstić information content (AvgIpc) is 2.84. The number of aliphatic hydroxyl groups is 1. The number of aliphatic hydroxyl groups excluding tert-OH is 1. The number of nitrogens with one attached hydrogen (secondary N) is 1. The summed E-state index contributed by atoms with van der Waals surface area (Å²) >= 11 is 1.31. The summed E-state index contributed by atoms with van der Waals surface area (Å²) in [7, 11) is -1.99. The summed E-state index contributed by atoms with van der Waals surface area (Å²) in [5.74, 6) is 0.109. The SMILES string of the molecule is COCCNP1(=O)OCC2SC(n3ccc(N)nc3=O)C(O)[C@@H]2O1. The molecule has 2 saturated heterocycles. The number of nitrogens with zero attached hydrogens (tertiary/aromatic N) is 2. The van der Waals surface area contributed by atoms with Gasteiger partial charge < -0.3 is 15.6 Å². The number of ether oxygens (including phenoxy) is 1. The summed E-state index contributed by atoms with van der Waals surface area (Å²) in [6.07, 6.45) is -0.288. The van der Waals surface area contributed by atoms with E-state index in [-0.39, 0.29) is 17.7 Å².